The SMILES string of the molecule is CCCC.CCc1ccccc1OC(=O)CC(=O)O. The number of carboxylic acids is 1. The number of rotatable bonds is 5. The average Bonchev–Trinajstić information content (AvgIpc) is 2.38. The van der Waals surface area contributed by atoms with Gasteiger partial charge in [-0.1, -0.05) is 51.8 Å². The number of para-hydroxylation sites is 1. The molecule has 19 heavy (non-hydrogen) atoms. The van der Waals surface area contributed by atoms with E-state index in [-0.39, 0.29) is 0 Å². The van der Waals surface area contributed by atoms with Crippen molar-refractivity contribution in [3.8, 4) is 5.75 Å². The molecular weight excluding hydrogens is 244 g/mol. The molecule has 1 N–H and O–H groups in total. The summed E-state index contributed by atoms with van der Waals surface area (Å²) < 4.78 is 4.93. The van der Waals surface area contributed by atoms with Crippen molar-refractivity contribution in [2.45, 2.75) is 46.5 Å². The minimum Gasteiger partial charge on any atom is -0.481 e. The molecule has 0 heterocycles. The lowest BCUT2D eigenvalue weighted by Crippen LogP contribution is -2.13. The van der Waals surface area contributed by atoms with Gasteiger partial charge in [0.1, 0.15) is 12.2 Å². The predicted octanol–water partition coefficient (Wildman–Crippen LogP) is 3.44. The molecule has 1 rings (SSSR count). The van der Waals surface area contributed by atoms with Crippen molar-refractivity contribution in [3.63, 3.8) is 0 Å². The van der Waals surface area contributed by atoms with E-state index >= 15 is 0 Å². The van der Waals surface area contributed by atoms with Crippen LogP contribution in [0.15, 0.2) is 24.3 Å². The quantitative estimate of drug-likeness (QED) is 0.504. The molecule has 0 aliphatic rings. The van der Waals surface area contributed by atoms with Gasteiger partial charge in [0.2, 0.25) is 0 Å². The molecule has 4 nitrogen and oxygen atoms in total. The van der Waals surface area contributed by atoms with Crippen LogP contribution in [0.4, 0.5) is 0 Å². The highest BCUT2D eigenvalue weighted by Crippen LogP contribution is 2.18. The molecular formula is C15H22O4. The fourth-order valence-electron chi connectivity index (χ4n) is 1.18. The smallest absolute Gasteiger partial charge is 0.322 e. The number of aliphatic carboxylic acids is 1. The van der Waals surface area contributed by atoms with Gasteiger partial charge in [0, 0.05) is 0 Å². The van der Waals surface area contributed by atoms with Crippen molar-refractivity contribution < 1.29 is 19.4 Å². The molecule has 0 saturated heterocycles. The van der Waals surface area contributed by atoms with Gasteiger partial charge in [0.15, 0.2) is 0 Å². The van der Waals surface area contributed by atoms with E-state index < -0.39 is 18.4 Å². The van der Waals surface area contributed by atoms with E-state index in [4.69, 9.17) is 9.84 Å². The molecule has 0 spiro atoms. The lowest BCUT2D eigenvalue weighted by Gasteiger charge is -2.06. The average molecular weight is 266 g/mol. The van der Waals surface area contributed by atoms with Gasteiger partial charge in [-0.25, -0.2) is 0 Å². The van der Waals surface area contributed by atoms with Crippen LogP contribution in [0.3, 0.4) is 0 Å². The van der Waals surface area contributed by atoms with Crippen LogP contribution in [0.2, 0.25) is 0 Å². The number of unbranched alkanes of at least 4 members (excludes halogenated alkanes) is 1. The first kappa shape index (κ1) is 17.2. The highest BCUT2D eigenvalue weighted by molar-refractivity contribution is 5.91. The number of hydrogen-bond acceptors (Lipinski definition) is 3. The molecule has 4 heteroatoms. The molecule has 1 aromatic carbocycles. The summed E-state index contributed by atoms with van der Waals surface area (Å²) in [5.74, 6) is -1.50. The number of ether oxygens (including phenoxy) is 1. The Hall–Kier alpha value is -1.84. The Balaban J connectivity index is 0.000000711. The normalized spacial score (nSPS) is 9.21. The van der Waals surface area contributed by atoms with Gasteiger partial charge in [-0.05, 0) is 18.1 Å². The van der Waals surface area contributed by atoms with E-state index in [0.29, 0.717) is 5.75 Å². The molecule has 0 aliphatic heterocycles. The zero-order valence-corrected chi connectivity index (χ0v) is 11.8. The molecule has 0 radical (unpaired) electrons. The summed E-state index contributed by atoms with van der Waals surface area (Å²) in [5, 5.41) is 8.39. The third-order valence-corrected chi connectivity index (χ3v) is 2.37. The fraction of sp³-hybridized carbons (Fsp3) is 0.467. The summed E-state index contributed by atoms with van der Waals surface area (Å²) in [6.07, 6.45) is 2.76. The molecule has 0 fully saturated rings. The molecule has 106 valence electrons. The van der Waals surface area contributed by atoms with Gasteiger partial charge in [-0.15, -0.1) is 0 Å². The van der Waals surface area contributed by atoms with Crippen molar-refractivity contribution in [3.05, 3.63) is 29.8 Å². The summed E-state index contributed by atoms with van der Waals surface area (Å²) in [6.45, 7) is 6.30. The maximum atomic E-state index is 11.1. The Kier molecular flexibility index (Phi) is 9.14. The summed E-state index contributed by atoms with van der Waals surface area (Å²) >= 11 is 0. The van der Waals surface area contributed by atoms with Crippen LogP contribution < -0.4 is 4.74 Å². The van der Waals surface area contributed by atoms with E-state index in [2.05, 4.69) is 13.8 Å². The van der Waals surface area contributed by atoms with E-state index in [0.717, 1.165) is 12.0 Å². The molecule has 1 aromatic rings. The molecule has 0 atom stereocenters. The van der Waals surface area contributed by atoms with Crippen LogP contribution in [0, 0.1) is 0 Å². The van der Waals surface area contributed by atoms with E-state index in [1.54, 1.807) is 12.1 Å². The number of benzene rings is 1. The molecule has 0 unspecified atom stereocenters. The van der Waals surface area contributed by atoms with Crippen molar-refractivity contribution in [2.24, 2.45) is 0 Å². The zero-order valence-electron chi connectivity index (χ0n) is 11.8. The Morgan fingerprint density at radius 2 is 1.68 bits per heavy atom. The van der Waals surface area contributed by atoms with Crippen molar-refractivity contribution >= 4 is 11.9 Å². The van der Waals surface area contributed by atoms with Crippen molar-refractivity contribution in [2.75, 3.05) is 0 Å². The number of hydrogen-bond donors (Lipinski definition) is 1. The third kappa shape index (κ3) is 7.97. The summed E-state index contributed by atoms with van der Waals surface area (Å²) in [7, 11) is 0. The Labute approximate surface area is 114 Å². The fourth-order valence-corrected chi connectivity index (χ4v) is 1.18. The summed E-state index contributed by atoms with van der Waals surface area (Å²) in [4.78, 5) is 21.3. The predicted molar refractivity (Wildman–Crippen MR) is 74.3 cm³/mol. The first-order valence-corrected chi connectivity index (χ1v) is 6.55. The first-order valence-electron chi connectivity index (χ1n) is 6.55. The van der Waals surface area contributed by atoms with Gasteiger partial charge in [-0.2, -0.15) is 0 Å². The summed E-state index contributed by atoms with van der Waals surface area (Å²) in [5.41, 5.74) is 0.885. The molecule has 0 amide bonds. The third-order valence-electron chi connectivity index (χ3n) is 2.37. The van der Waals surface area contributed by atoms with Crippen LogP contribution in [0.25, 0.3) is 0 Å². The molecule has 0 aromatic heterocycles. The number of carboxylic acid groups (broad SMARTS) is 1. The van der Waals surface area contributed by atoms with Crippen molar-refractivity contribution in [1.29, 1.82) is 0 Å². The van der Waals surface area contributed by atoms with Gasteiger partial charge < -0.3 is 9.84 Å². The second-order valence-electron chi connectivity index (χ2n) is 4.01. The second kappa shape index (κ2) is 10.1. The highest BCUT2D eigenvalue weighted by Gasteiger charge is 2.11. The Bertz CT molecular complexity index is 397. The second-order valence-corrected chi connectivity index (χ2v) is 4.01. The largest absolute Gasteiger partial charge is 0.481 e. The Morgan fingerprint density at radius 3 is 2.16 bits per heavy atom. The molecule has 0 aliphatic carbocycles. The molecule has 0 saturated carbocycles. The van der Waals surface area contributed by atoms with E-state index in [1.165, 1.54) is 12.8 Å². The van der Waals surface area contributed by atoms with Gasteiger partial charge >= 0.3 is 11.9 Å². The highest BCUT2D eigenvalue weighted by atomic mass is 16.5. The van der Waals surface area contributed by atoms with Crippen LogP contribution in [0.1, 0.15) is 45.6 Å². The number of carbonyl (C=O) groups excluding carboxylic acids is 1. The Morgan fingerprint density at radius 1 is 1.11 bits per heavy atom. The molecule has 0 bridgehead atoms. The summed E-state index contributed by atoms with van der Waals surface area (Å²) in [6, 6.07) is 7.07. The van der Waals surface area contributed by atoms with Crippen LogP contribution in [-0.4, -0.2) is 17.0 Å². The van der Waals surface area contributed by atoms with Crippen LogP contribution >= 0.6 is 0 Å². The van der Waals surface area contributed by atoms with Gasteiger partial charge in [-0.3, -0.25) is 9.59 Å². The minimum atomic E-state index is -1.19. The van der Waals surface area contributed by atoms with E-state index in [9.17, 15) is 9.59 Å². The standard InChI is InChI=1S/C11H12O4.C4H10/c1-2-8-5-3-4-6-9(8)15-11(14)7-10(12)13;1-3-4-2/h3-6H,2,7H2,1H3,(H,12,13);3-4H2,1-2H3. The van der Waals surface area contributed by atoms with Gasteiger partial charge in [0.25, 0.3) is 0 Å². The zero-order chi connectivity index (χ0) is 14.7. The number of carbonyl (C=O) groups is 2. The minimum absolute atomic E-state index is 0.436. The van der Waals surface area contributed by atoms with Crippen molar-refractivity contribution in [1.82, 2.24) is 0 Å². The lowest BCUT2D eigenvalue weighted by molar-refractivity contribution is -0.145. The lowest BCUT2D eigenvalue weighted by atomic mass is 10.1. The van der Waals surface area contributed by atoms with E-state index in [1.807, 2.05) is 19.1 Å². The van der Waals surface area contributed by atoms with Crippen LogP contribution in [-0.2, 0) is 16.0 Å². The van der Waals surface area contributed by atoms with Gasteiger partial charge in [0.05, 0.1) is 0 Å². The maximum absolute atomic E-state index is 11.1. The monoisotopic (exact) mass is 266 g/mol. The number of esters is 1. The van der Waals surface area contributed by atoms with Crippen LogP contribution in [0.5, 0.6) is 5.75 Å². The topological polar surface area (TPSA) is 63.6 Å². The number of aryl methyl sites for hydroxylation is 1. The maximum Gasteiger partial charge on any atom is 0.322 e. The first-order chi connectivity index (χ1) is 9.04.